The van der Waals surface area contributed by atoms with Crippen molar-refractivity contribution in [1.29, 1.82) is 0 Å². The number of rotatable bonds is 7. The third-order valence-corrected chi connectivity index (χ3v) is 9.69. The Morgan fingerprint density at radius 2 is 1.75 bits per heavy atom. The number of likely N-dealkylation sites (tertiary alicyclic amines) is 1. The van der Waals surface area contributed by atoms with Gasteiger partial charge in [-0.25, -0.2) is 14.8 Å². The number of hydrogen-bond donors (Lipinski definition) is 2. The fourth-order valence-corrected chi connectivity index (χ4v) is 6.83. The number of primary amides is 1. The molecule has 3 N–H and O–H groups in total. The Morgan fingerprint density at radius 1 is 1.02 bits per heavy atom. The Labute approximate surface area is 236 Å². The lowest BCUT2D eigenvalue weighted by Crippen LogP contribution is -2.55. The van der Waals surface area contributed by atoms with E-state index in [2.05, 4.69) is 58.2 Å². The van der Waals surface area contributed by atoms with Gasteiger partial charge < -0.3 is 30.7 Å². The maximum Gasteiger partial charge on any atom is 0.320 e. The summed E-state index contributed by atoms with van der Waals surface area (Å²) in [4.78, 5) is 42.8. The Bertz CT molecular complexity index is 1250. The van der Waals surface area contributed by atoms with E-state index in [1.807, 2.05) is 11.9 Å². The van der Waals surface area contributed by atoms with Crippen LogP contribution in [-0.2, 0) is 5.41 Å². The summed E-state index contributed by atoms with van der Waals surface area (Å²) in [6.45, 7) is 9.16. The summed E-state index contributed by atoms with van der Waals surface area (Å²) < 4.78 is 0. The second kappa shape index (κ2) is 10.5. The zero-order valence-corrected chi connectivity index (χ0v) is 24.0. The van der Waals surface area contributed by atoms with Crippen molar-refractivity contribution in [2.24, 2.45) is 5.73 Å². The van der Waals surface area contributed by atoms with E-state index in [4.69, 9.17) is 10.7 Å². The highest BCUT2D eigenvalue weighted by Crippen LogP contribution is 2.39. The van der Waals surface area contributed by atoms with Crippen LogP contribution in [-0.4, -0.2) is 94.5 Å². The SMILES string of the molecule is C[C@@H]1[C@H](N2CCN(C)C2=O)CCCN1c1cnc(C(N)=O)c(Nc2ccc(C3(C)CCN(C4CC4)CC3)cc2)n1. The van der Waals surface area contributed by atoms with E-state index in [0.717, 1.165) is 44.2 Å². The highest BCUT2D eigenvalue weighted by molar-refractivity contribution is 5.96. The van der Waals surface area contributed by atoms with Crippen LogP contribution in [0.15, 0.2) is 30.5 Å². The molecule has 40 heavy (non-hydrogen) atoms. The topological polar surface area (TPSA) is 111 Å². The number of nitrogens with one attached hydrogen (secondary N) is 1. The molecule has 2 atom stereocenters. The Hall–Kier alpha value is -3.40. The lowest BCUT2D eigenvalue weighted by Gasteiger charge is -2.43. The van der Waals surface area contributed by atoms with Crippen molar-refractivity contribution < 1.29 is 9.59 Å². The van der Waals surface area contributed by atoms with Gasteiger partial charge in [-0.2, -0.15) is 0 Å². The standard InChI is InChI=1S/C30H42N8O2/c1-20-24(38-18-17-35(3)29(38)40)5-4-14-37(20)25-19-32-26(27(31)39)28(34-25)33-22-8-6-21(7-9-22)30(2)12-15-36(16-13-30)23-10-11-23/h6-9,19-20,23-24H,4-5,10-18H2,1-3H3,(H2,31,39)(H,33,34)/t20-,24-/m1/s1. The van der Waals surface area contributed by atoms with Crippen molar-refractivity contribution in [3.05, 3.63) is 41.7 Å². The Morgan fingerprint density at radius 3 is 2.38 bits per heavy atom. The number of piperidine rings is 2. The van der Waals surface area contributed by atoms with Crippen LogP contribution in [0.25, 0.3) is 0 Å². The van der Waals surface area contributed by atoms with Crippen LogP contribution in [0.3, 0.4) is 0 Å². The summed E-state index contributed by atoms with van der Waals surface area (Å²) >= 11 is 0. The summed E-state index contributed by atoms with van der Waals surface area (Å²) in [6.07, 6.45) is 8.60. The first-order valence-corrected chi connectivity index (χ1v) is 14.8. The number of likely N-dealkylation sites (N-methyl/N-ethyl adjacent to an activating group) is 1. The number of nitrogens with zero attached hydrogens (tertiary/aromatic N) is 6. The molecule has 3 aliphatic heterocycles. The summed E-state index contributed by atoms with van der Waals surface area (Å²) in [5, 5.41) is 3.32. The minimum absolute atomic E-state index is 0.0668. The molecule has 0 unspecified atom stereocenters. The molecule has 1 aromatic carbocycles. The summed E-state index contributed by atoms with van der Waals surface area (Å²) in [6, 6.07) is 9.58. The fourth-order valence-electron chi connectivity index (χ4n) is 6.83. The zero-order valence-electron chi connectivity index (χ0n) is 24.0. The molecule has 1 saturated carbocycles. The van der Waals surface area contributed by atoms with Crippen LogP contribution in [0.5, 0.6) is 0 Å². The van der Waals surface area contributed by atoms with Crippen molar-refractivity contribution in [3.63, 3.8) is 0 Å². The minimum Gasteiger partial charge on any atom is -0.364 e. The van der Waals surface area contributed by atoms with Crippen molar-refractivity contribution in [2.45, 2.75) is 75.9 Å². The summed E-state index contributed by atoms with van der Waals surface area (Å²) in [7, 11) is 1.85. The average Bonchev–Trinajstić information content (AvgIpc) is 3.74. The van der Waals surface area contributed by atoms with Gasteiger partial charge >= 0.3 is 6.03 Å². The lowest BCUT2D eigenvalue weighted by molar-refractivity contribution is 0.0996. The van der Waals surface area contributed by atoms with Crippen LogP contribution >= 0.6 is 0 Å². The van der Waals surface area contributed by atoms with Gasteiger partial charge in [0.05, 0.1) is 12.2 Å². The number of carbonyl (C=O) groups excluding carboxylic acids is 2. The Balaban J connectivity index is 1.19. The molecule has 10 nitrogen and oxygen atoms in total. The molecule has 10 heteroatoms. The summed E-state index contributed by atoms with van der Waals surface area (Å²) in [5.41, 5.74) is 8.16. The molecule has 1 aliphatic carbocycles. The number of aromatic nitrogens is 2. The number of anilines is 3. The first-order chi connectivity index (χ1) is 19.2. The van der Waals surface area contributed by atoms with Crippen LogP contribution in [0.4, 0.5) is 22.1 Å². The molecule has 0 spiro atoms. The molecule has 4 aliphatic rings. The molecule has 4 heterocycles. The van der Waals surface area contributed by atoms with Gasteiger partial charge in [0, 0.05) is 44.5 Å². The number of nitrogens with two attached hydrogens (primary N) is 1. The van der Waals surface area contributed by atoms with Gasteiger partial charge in [0.25, 0.3) is 5.91 Å². The molecule has 214 valence electrons. The molecule has 6 rings (SSSR count). The van der Waals surface area contributed by atoms with Crippen molar-refractivity contribution in [1.82, 2.24) is 24.7 Å². The predicted octanol–water partition coefficient (Wildman–Crippen LogP) is 3.56. The number of benzene rings is 1. The molecule has 3 saturated heterocycles. The van der Waals surface area contributed by atoms with Crippen molar-refractivity contribution in [2.75, 3.05) is 50.0 Å². The van der Waals surface area contributed by atoms with Crippen molar-refractivity contribution >= 4 is 29.3 Å². The molecule has 4 fully saturated rings. The second-order valence-corrected chi connectivity index (χ2v) is 12.4. The van der Waals surface area contributed by atoms with Crippen LogP contribution < -0.4 is 16.0 Å². The van der Waals surface area contributed by atoms with Crippen molar-refractivity contribution in [3.8, 4) is 0 Å². The monoisotopic (exact) mass is 546 g/mol. The second-order valence-electron chi connectivity index (χ2n) is 12.4. The van der Waals surface area contributed by atoms with E-state index in [1.165, 1.54) is 44.3 Å². The molecular weight excluding hydrogens is 504 g/mol. The van der Waals surface area contributed by atoms with E-state index < -0.39 is 5.91 Å². The minimum atomic E-state index is -0.622. The van der Waals surface area contributed by atoms with E-state index >= 15 is 0 Å². The molecular formula is C30H42N8O2. The first-order valence-electron chi connectivity index (χ1n) is 14.8. The molecule has 2 aromatic rings. The largest absolute Gasteiger partial charge is 0.364 e. The smallest absolute Gasteiger partial charge is 0.320 e. The van der Waals surface area contributed by atoms with E-state index in [1.54, 1.807) is 11.1 Å². The first kappa shape index (κ1) is 26.8. The number of carbonyl (C=O) groups is 2. The lowest BCUT2D eigenvalue weighted by atomic mass is 9.74. The van der Waals surface area contributed by atoms with Gasteiger partial charge in [-0.1, -0.05) is 19.1 Å². The van der Waals surface area contributed by atoms with Crippen LogP contribution in [0.2, 0.25) is 0 Å². The summed E-state index contributed by atoms with van der Waals surface area (Å²) in [5.74, 6) is 0.410. The molecule has 0 radical (unpaired) electrons. The number of hydrogen-bond acceptors (Lipinski definition) is 7. The van der Waals surface area contributed by atoms with Gasteiger partial charge in [0.2, 0.25) is 0 Å². The Kier molecular flexibility index (Phi) is 7.06. The van der Waals surface area contributed by atoms with E-state index in [9.17, 15) is 9.59 Å². The molecule has 3 amide bonds. The van der Waals surface area contributed by atoms with Gasteiger partial charge in [-0.3, -0.25) is 4.79 Å². The van der Waals surface area contributed by atoms with Gasteiger partial charge in [0.1, 0.15) is 5.82 Å². The van der Waals surface area contributed by atoms with Gasteiger partial charge in [-0.05, 0) is 81.6 Å². The number of amides is 3. The van der Waals surface area contributed by atoms with Crippen LogP contribution in [0, 0.1) is 0 Å². The quantitative estimate of drug-likeness (QED) is 0.546. The third-order valence-electron chi connectivity index (χ3n) is 9.69. The normalized spacial score (nSPS) is 25.4. The highest BCUT2D eigenvalue weighted by Gasteiger charge is 2.40. The maximum atomic E-state index is 12.7. The molecule has 0 bridgehead atoms. The maximum absolute atomic E-state index is 12.7. The van der Waals surface area contributed by atoms with Crippen LogP contribution in [0.1, 0.15) is 68.4 Å². The fraction of sp³-hybridized carbons (Fsp3) is 0.600. The number of urea groups is 1. The van der Waals surface area contributed by atoms with E-state index in [0.29, 0.717) is 11.6 Å². The van der Waals surface area contributed by atoms with E-state index in [-0.39, 0.29) is 29.2 Å². The molecule has 1 aromatic heterocycles. The highest BCUT2D eigenvalue weighted by atomic mass is 16.2. The van der Waals surface area contributed by atoms with Gasteiger partial charge in [-0.15, -0.1) is 0 Å². The predicted molar refractivity (Wildman–Crippen MR) is 156 cm³/mol. The van der Waals surface area contributed by atoms with Gasteiger partial charge in [0.15, 0.2) is 11.5 Å². The zero-order chi connectivity index (χ0) is 28.0. The average molecular weight is 547 g/mol. The third kappa shape index (κ3) is 5.09.